The highest BCUT2D eigenvalue weighted by Gasteiger charge is 2.49. The Morgan fingerprint density at radius 3 is 1.33 bits per heavy atom. The first kappa shape index (κ1) is 55.6. The Morgan fingerprint density at radius 1 is 0.481 bits per heavy atom. The van der Waals surface area contributed by atoms with Gasteiger partial charge < -0.3 is 30.3 Å². The number of benzene rings is 6. The van der Waals surface area contributed by atoms with E-state index >= 15 is 0 Å². The summed E-state index contributed by atoms with van der Waals surface area (Å²) < 4.78 is 65.8. The van der Waals surface area contributed by atoms with Crippen molar-refractivity contribution in [3.63, 3.8) is 0 Å². The molecule has 0 unspecified atom stereocenters. The van der Waals surface area contributed by atoms with Crippen LogP contribution in [0.1, 0.15) is 96.1 Å². The third-order valence-electron chi connectivity index (χ3n) is 16.2. The molecule has 416 valence electrons. The molecule has 6 aromatic rings. The van der Waals surface area contributed by atoms with Gasteiger partial charge in [0, 0.05) is 105 Å². The third-order valence-corrected chi connectivity index (χ3v) is 16.7. The van der Waals surface area contributed by atoms with Crippen molar-refractivity contribution in [3.8, 4) is 11.5 Å². The summed E-state index contributed by atoms with van der Waals surface area (Å²) in [7, 11) is 3.24. The van der Waals surface area contributed by atoms with Crippen LogP contribution in [0.2, 0.25) is 0 Å². The van der Waals surface area contributed by atoms with E-state index in [0.717, 1.165) is 74.7 Å². The molecule has 17 heteroatoms. The lowest BCUT2D eigenvalue weighted by Gasteiger charge is -2.52. The fourth-order valence-electron chi connectivity index (χ4n) is 11.9. The molecule has 0 aliphatic carbocycles. The Bertz CT molecular complexity index is 3080. The van der Waals surface area contributed by atoms with Gasteiger partial charge in [0.15, 0.2) is 23.3 Å². The van der Waals surface area contributed by atoms with E-state index in [4.69, 9.17) is 9.47 Å². The largest absolute Gasteiger partial charge is 0.497 e. The summed E-state index contributed by atoms with van der Waals surface area (Å²) in [6.45, 7) is 8.40. The molecule has 12 rings (SSSR count). The lowest BCUT2D eigenvalue weighted by molar-refractivity contribution is 0.0896. The van der Waals surface area contributed by atoms with Crippen molar-refractivity contribution in [2.45, 2.75) is 88.6 Å². The first-order valence-electron chi connectivity index (χ1n) is 27.6. The van der Waals surface area contributed by atoms with Crippen molar-refractivity contribution >= 4 is 56.2 Å². The van der Waals surface area contributed by atoms with Gasteiger partial charge in [0.1, 0.15) is 22.8 Å². The highest BCUT2D eigenvalue weighted by molar-refractivity contribution is 9.10. The summed E-state index contributed by atoms with van der Waals surface area (Å²) >= 11 is 3.51. The minimum absolute atomic E-state index is 0.0202. The average molecular weight is 1150 g/mol. The van der Waals surface area contributed by atoms with Gasteiger partial charge in [-0.1, -0.05) is 34.5 Å². The lowest BCUT2D eigenvalue weighted by Crippen LogP contribution is -2.64. The van der Waals surface area contributed by atoms with Crippen molar-refractivity contribution in [2.24, 2.45) is 0 Å². The number of fused-ring (bicyclic) bond motifs is 2. The van der Waals surface area contributed by atoms with Gasteiger partial charge in [-0.3, -0.25) is 29.2 Å². The fourth-order valence-corrected chi connectivity index (χ4v) is 12.2. The number of ether oxygens (including phenoxy) is 2. The molecular weight excluding hydrogens is 1080 g/mol. The Balaban J connectivity index is 0.000000162. The Morgan fingerprint density at radius 2 is 0.911 bits per heavy atom. The fraction of sp³-hybridized carbons (Fsp3) is 0.387. The molecule has 0 radical (unpaired) electrons. The molecule has 6 heterocycles. The average Bonchev–Trinajstić information content (AvgIpc) is 3.49. The molecule has 3 N–H and O–H groups in total. The molecule has 6 aliphatic heterocycles. The van der Waals surface area contributed by atoms with Gasteiger partial charge in [-0.25, -0.2) is 17.6 Å². The molecule has 12 nitrogen and oxygen atoms in total. The number of piperidine rings is 4. The van der Waals surface area contributed by atoms with Gasteiger partial charge >= 0.3 is 0 Å². The van der Waals surface area contributed by atoms with Gasteiger partial charge in [-0.2, -0.15) is 0 Å². The predicted octanol–water partition coefficient (Wildman–Crippen LogP) is 12.6. The molecule has 79 heavy (non-hydrogen) atoms. The van der Waals surface area contributed by atoms with Crippen LogP contribution in [0.25, 0.3) is 0 Å². The van der Waals surface area contributed by atoms with E-state index < -0.39 is 34.6 Å². The smallest absolute Gasteiger partial charge is 0.262 e. The molecule has 2 spiro atoms. The number of carbonyl (C=O) groups is 2. The van der Waals surface area contributed by atoms with Crippen molar-refractivity contribution in [2.75, 3.05) is 91.9 Å². The maximum Gasteiger partial charge on any atom is 0.262 e. The number of halogens is 5. The number of likely N-dealkylation sites (tertiary alicyclic amines) is 2. The maximum atomic E-state index is 14.1. The van der Waals surface area contributed by atoms with Crippen LogP contribution in [0.15, 0.2) is 126 Å². The Kier molecular flexibility index (Phi) is 17.5. The van der Waals surface area contributed by atoms with Gasteiger partial charge in [0.05, 0.1) is 31.0 Å². The van der Waals surface area contributed by atoms with E-state index in [1.165, 1.54) is 69.8 Å². The zero-order valence-corrected chi connectivity index (χ0v) is 46.5. The van der Waals surface area contributed by atoms with Crippen LogP contribution in [0.5, 0.6) is 11.5 Å². The number of hydrogen-bond donors (Lipinski definition) is 3. The highest BCUT2D eigenvalue weighted by atomic mass is 79.9. The van der Waals surface area contributed by atoms with Crippen LogP contribution in [-0.2, 0) is 13.1 Å². The number of nitrogens with one attached hydrogen (secondary N) is 3. The highest BCUT2D eigenvalue weighted by Crippen LogP contribution is 2.44. The Hall–Kier alpha value is -6.66. The van der Waals surface area contributed by atoms with E-state index in [9.17, 15) is 27.2 Å². The molecule has 6 aromatic carbocycles. The Labute approximate surface area is 469 Å². The second kappa shape index (κ2) is 24.8. The van der Waals surface area contributed by atoms with Crippen LogP contribution < -0.4 is 40.1 Å². The van der Waals surface area contributed by atoms with Crippen LogP contribution >= 0.6 is 15.9 Å². The minimum Gasteiger partial charge on any atom is -0.497 e. The van der Waals surface area contributed by atoms with Crippen LogP contribution in [-0.4, -0.2) is 99.5 Å². The monoisotopic (exact) mass is 1140 g/mol. The van der Waals surface area contributed by atoms with E-state index in [2.05, 4.69) is 58.7 Å². The molecule has 0 saturated carbocycles. The first-order chi connectivity index (χ1) is 38.3. The molecule has 2 amide bonds. The number of rotatable bonds is 9. The zero-order chi connectivity index (χ0) is 55.1. The summed E-state index contributed by atoms with van der Waals surface area (Å²) in [6, 6.07) is 35.0. The normalized spacial score (nSPS) is 18.7. The third kappa shape index (κ3) is 12.5. The van der Waals surface area contributed by atoms with Crippen molar-refractivity contribution in [1.82, 2.24) is 15.1 Å². The van der Waals surface area contributed by atoms with E-state index in [0.29, 0.717) is 76.1 Å². The van der Waals surface area contributed by atoms with Crippen LogP contribution in [0, 0.1) is 23.3 Å². The van der Waals surface area contributed by atoms with Crippen molar-refractivity contribution < 1.29 is 36.6 Å². The number of nitrogens with zero attached hydrogens (tertiary/aromatic N) is 5. The van der Waals surface area contributed by atoms with Crippen molar-refractivity contribution in [1.29, 1.82) is 0 Å². The second-order valence-electron chi connectivity index (χ2n) is 21.3. The van der Waals surface area contributed by atoms with Gasteiger partial charge in [0.2, 0.25) is 0 Å². The summed E-state index contributed by atoms with van der Waals surface area (Å²) in [4.78, 5) is 38.5. The summed E-state index contributed by atoms with van der Waals surface area (Å²) in [5, 5.41) is 10.8. The lowest BCUT2D eigenvalue weighted by atomic mass is 9.89. The van der Waals surface area contributed by atoms with E-state index in [-0.39, 0.29) is 11.8 Å². The van der Waals surface area contributed by atoms with Gasteiger partial charge in [-0.15, -0.1) is 0 Å². The summed E-state index contributed by atoms with van der Waals surface area (Å²) in [6.07, 6.45) is 10.6. The molecule has 0 atom stereocenters. The molecule has 4 fully saturated rings. The molecule has 0 aromatic heterocycles. The molecule has 0 bridgehead atoms. The molecule has 4 saturated heterocycles. The van der Waals surface area contributed by atoms with Crippen molar-refractivity contribution in [3.05, 3.63) is 171 Å². The topological polar surface area (TPSA) is 105 Å². The molecular formula is C62H69BrF4N8O4. The SMILES string of the molecule is C1CCNCC1.COc1ccc(N2C(=O)c3ccc(Br)cc3NC23CCN(Cc2ccc(F)c(F)c2)CC3)cc1.COc1ccc(N2C(=O)c3ccc(N4CCCCC4)cc3NC23CCN(Cc2ccc(F)c(F)c2)CC3)cc1. The number of hydrogen-bond acceptors (Lipinski definition) is 10. The second-order valence-corrected chi connectivity index (χ2v) is 22.2. The number of anilines is 5. The first-order valence-corrected chi connectivity index (χ1v) is 28.4. The predicted molar refractivity (Wildman–Crippen MR) is 307 cm³/mol. The number of carbonyl (C=O) groups excluding carboxylic acids is 2. The van der Waals surface area contributed by atoms with Gasteiger partial charge in [0.25, 0.3) is 11.8 Å². The van der Waals surface area contributed by atoms with E-state index in [1.807, 2.05) is 82.6 Å². The quantitative estimate of drug-likeness (QED) is 0.121. The van der Waals surface area contributed by atoms with Crippen LogP contribution in [0.4, 0.5) is 46.0 Å². The zero-order valence-electron chi connectivity index (χ0n) is 44.9. The maximum absolute atomic E-state index is 14.1. The van der Waals surface area contributed by atoms with Gasteiger partial charge in [-0.05, 0) is 166 Å². The number of methoxy groups -OCH3 is 2. The minimum atomic E-state index is -0.841. The standard InChI is InChI=1S/C31H34F2N4O2.C26H24BrF2N3O2.C5H11N/c1-39-25-9-6-23(7-10-25)37-30(38)26-11-8-24(36-15-3-2-4-16-36)20-29(26)34-31(37)13-17-35(18-14-31)21-22-5-12-27(32)28(33)19-22;1-34-20-6-4-19(5-7-20)32-25(33)21-8-3-18(27)15-24(21)30-26(32)10-12-31(13-11-26)16-17-2-9-22(28)23(29)14-17;1-2-4-6-5-3-1/h5-12,19-20,34H,2-4,13-18,21H2,1H3;2-9,14-15,30H,10-13,16H2,1H3;6H,1-5H2. The molecule has 6 aliphatic rings. The summed E-state index contributed by atoms with van der Waals surface area (Å²) in [5.41, 5.74) is 5.97. The van der Waals surface area contributed by atoms with E-state index in [1.54, 1.807) is 26.4 Å². The summed E-state index contributed by atoms with van der Waals surface area (Å²) in [5.74, 6) is -1.96. The van der Waals surface area contributed by atoms with Crippen LogP contribution in [0.3, 0.4) is 0 Å². The number of amides is 2.